The number of halogens is 1. The SMILES string of the molecule is CCl.CO[SiH](C)OC. The Morgan fingerprint density at radius 2 is 1.38 bits per heavy atom. The molecule has 0 heterocycles. The van der Waals surface area contributed by atoms with E-state index < -0.39 is 9.28 Å². The summed E-state index contributed by atoms with van der Waals surface area (Å²) in [7, 11) is 2.17. The molecule has 0 aromatic carbocycles. The van der Waals surface area contributed by atoms with Crippen molar-refractivity contribution in [2.45, 2.75) is 6.55 Å². The Kier molecular flexibility index (Phi) is 14.7. The molecule has 0 aromatic heterocycles. The molecule has 2 nitrogen and oxygen atoms in total. The summed E-state index contributed by atoms with van der Waals surface area (Å²) in [5.74, 6) is 0. The summed E-state index contributed by atoms with van der Waals surface area (Å²) in [6.45, 7) is 1.97. The Balaban J connectivity index is 0. The van der Waals surface area contributed by atoms with E-state index in [1.54, 1.807) is 14.2 Å². The fourth-order valence-electron chi connectivity index (χ4n) is 0.0962. The molecule has 0 saturated carbocycles. The smallest absolute Gasteiger partial charge is 0.317 e. The van der Waals surface area contributed by atoms with E-state index in [1.807, 2.05) is 6.55 Å². The van der Waals surface area contributed by atoms with E-state index in [0.717, 1.165) is 0 Å². The second-order valence-electron chi connectivity index (χ2n) is 1.04. The molecule has 0 rings (SSSR count). The molecule has 0 saturated heterocycles. The molecule has 0 fully saturated rings. The van der Waals surface area contributed by atoms with Crippen LogP contribution in [0.1, 0.15) is 0 Å². The lowest BCUT2D eigenvalue weighted by molar-refractivity contribution is 0.285. The van der Waals surface area contributed by atoms with Gasteiger partial charge in [0.25, 0.3) is 0 Å². The van der Waals surface area contributed by atoms with Crippen LogP contribution < -0.4 is 0 Å². The fourth-order valence-corrected chi connectivity index (χ4v) is 0.289. The predicted octanol–water partition coefficient (Wildman–Crippen LogP) is 0.984. The zero-order valence-electron chi connectivity index (χ0n) is 5.77. The zero-order valence-corrected chi connectivity index (χ0v) is 7.68. The van der Waals surface area contributed by atoms with Gasteiger partial charge < -0.3 is 8.85 Å². The summed E-state index contributed by atoms with van der Waals surface area (Å²) in [6.07, 6.45) is 1.47. The van der Waals surface area contributed by atoms with Crippen LogP contribution in [0.15, 0.2) is 0 Å². The molecule has 0 spiro atoms. The van der Waals surface area contributed by atoms with Gasteiger partial charge in [0.1, 0.15) is 0 Å². The molecule has 4 heteroatoms. The minimum atomic E-state index is -1.16. The normalized spacial score (nSPS) is 8.25. The molecular weight excluding hydrogens is 144 g/mol. The van der Waals surface area contributed by atoms with Crippen molar-refractivity contribution in [2.24, 2.45) is 0 Å². The van der Waals surface area contributed by atoms with Crippen molar-refractivity contribution in [3.63, 3.8) is 0 Å². The maximum atomic E-state index is 4.82. The van der Waals surface area contributed by atoms with Gasteiger partial charge in [0.2, 0.25) is 0 Å². The second-order valence-corrected chi connectivity index (χ2v) is 3.12. The number of alkyl halides is 1. The van der Waals surface area contributed by atoms with Crippen molar-refractivity contribution in [3.05, 3.63) is 0 Å². The van der Waals surface area contributed by atoms with Crippen LogP contribution in [-0.2, 0) is 8.85 Å². The average Bonchev–Trinajstić information content (AvgIpc) is 1.91. The Labute approximate surface area is 57.6 Å². The minimum Gasteiger partial charge on any atom is -0.400 e. The molecule has 0 unspecified atom stereocenters. The molecule has 0 aliphatic carbocycles. The van der Waals surface area contributed by atoms with Gasteiger partial charge in [-0.15, -0.1) is 11.6 Å². The van der Waals surface area contributed by atoms with E-state index in [2.05, 4.69) is 11.6 Å². The van der Waals surface area contributed by atoms with Gasteiger partial charge in [-0.25, -0.2) is 0 Å². The first-order chi connectivity index (χ1) is 3.81. The van der Waals surface area contributed by atoms with Crippen LogP contribution in [0.2, 0.25) is 6.55 Å². The van der Waals surface area contributed by atoms with Gasteiger partial charge in [0.05, 0.1) is 0 Å². The van der Waals surface area contributed by atoms with Gasteiger partial charge in [-0.3, -0.25) is 0 Å². The van der Waals surface area contributed by atoms with Crippen molar-refractivity contribution in [1.29, 1.82) is 0 Å². The highest BCUT2D eigenvalue weighted by atomic mass is 35.5. The van der Waals surface area contributed by atoms with Crippen molar-refractivity contribution in [3.8, 4) is 0 Å². The number of hydrogen-bond donors (Lipinski definition) is 0. The highest BCUT2D eigenvalue weighted by Gasteiger charge is 1.94. The van der Waals surface area contributed by atoms with Gasteiger partial charge >= 0.3 is 9.28 Å². The van der Waals surface area contributed by atoms with Crippen LogP contribution in [0.5, 0.6) is 0 Å². The minimum absolute atomic E-state index is 1.16. The maximum Gasteiger partial charge on any atom is 0.317 e. The number of rotatable bonds is 2. The Morgan fingerprint density at radius 1 is 1.12 bits per heavy atom. The van der Waals surface area contributed by atoms with Crippen molar-refractivity contribution < 1.29 is 8.85 Å². The topological polar surface area (TPSA) is 18.5 Å². The first kappa shape index (κ1) is 11.3. The molecule has 0 N–H and O–H groups in total. The highest BCUT2D eigenvalue weighted by molar-refractivity contribution is 6.42. The molecule has 0 aliphatic rings. The van der Waals surface area contributed by atoms with Gasteiger partial charge in [0.15, 0.2) is 0 Å². The quantitative estimate of drug-likeness (QED) is 0.439. The lowest BCUT2D eigenvalue weighted by Gasteiger charge is -2.00. The van der Waals surface area contributed by atoms with E-state index in [-0.39, 0.29) is 0 Å². The first-order valence-electron chi connectivity index (χ1n) is 2.24. The molecule has 0 aliphatic heterocycles. The van der Waals surface area contributed by atoms with E-state index in [0.29, 0.717) is 0 Å². The Hall–Kier alpha value is 0.427. The first-order valence-corrected chi connectivity index (χ1v) is 5.10. The Morgan fingerprint density at radius 3 is 1.38 bits per heavy atom. The molecule has 0 bridgehead atoms. The molecular formula is C4H13ClO2Si. The second kappa shape index (κ2) is 10.4. The third-order valence-corrected chi connectivity index (χ3v) is 1.99. The fraction of sp³-hybridized carbons (Fsp3) is 1.00. The lowest BCUT2D eigenvalue weighted by atomic mass is 11.8. The average molecular weight is 157 g/mol. The van der Waals surface area contributed by atoms with E-state index in [1.165, 1.54) is 6.38 Å². The van der Waals surface area contributed by atoms with Gasteiger partial charge in [0, 0.05) is 20.6 Å². The predicted molar refractivity (Wildman–Crippen MR) is 38.8 cm³/mol. The standard InChI is InChI=1S/C3H10O2Si.CH3Cl/c1-4-6(3)5-2;1-2/h6H,1-3H3;1H3. The molecule has 8 heavy (non-hydrogen) atoms. The Bertz CT molecular complexity index is 33.2. The summed E-state index contributed by atoms with van der Waals surface area (Å²) in [5, 5.41) is 0. The lowest BCUT2D eigenvalue weighted by Crippen LogP contribution is -2.12. The van der Waals surface area contributed by atoms with Crippen LogP contribution in [-0.4, -0.2) is 29.9 Å². The van der Waals surface area contributed by atoms with Crippen molar-refractivity contribution in [1.82, 2.24) is 0 Å². The van der Waals surface area contributed by atoms with Gasteiger partial charge in [-0.2, -0.15) is 0 Å². The molecule has 0 amide bonds. The largest absolute Gasteiger partial charge is 0.400 e. The maximum absolute atomic E-state index is 4.82. The number of hydrogen-bond acceptors (Lipinski definition) is 2. The molecule has 0 radical (unpaired) electrons. The van der Waals surface area contributed by atoms with Crippen LogP contribution in [0.4, 0.5) is 0 Å². The van der Waals surface area contributed by atoms with Crippen LogP contribution in [0, 0.1) is 0 Å². The van der Waals surface area contributed by atoms with Crippen LogP contribution in [0.3, 0.4) is 0 Å². The van der Waals surface area contributed by atoms with E-state index in [4.69, 9.17) is 8.85 Å². The zero-order chi connectivity index (χ0) is 6.99. The van der Waals surface area contributed by atoms with Crippen molar-refractivity contribution in [2.75, 3.05) is 20.6 Å². The van der Waals surface area contributed by atoms with E-state index >= 15 is 0 Å². The molecule has 0 atom stereocenters. The van der Waals surface area contributed by atoms with Crippen LogP contribution >= 0.6 is 11.6 Å². The third kappa shape index (κ3) is 9.66. The summed E-state index contributed by atoms with van der Waals surface area (Å²) < 4.78 is 9.63. The third-order valence-electron chi connectivity index (χ3n) is 0.664. The summed E-state index contributed by atoms with van der Waals surface area (Å²) in [6, 6.07) is 0. The summed E-state index contributed by atoms with van der Waals surface area (Å²) >= 11 is 4.64. The molecule has 52 valence electrons. The van der Waals surface area contributed by atoms with Gasteiger partial charge in [-0.1, -0.05) is 0 Å². The summed E-state index contributed by atoms with van der Waals surface area (Å²) in [4.78, 5) is 0. The summed E-state index contributed by atoms with van der Waals surface area (Å²) in [5.41, 5.74) is 0. The molecule has 0 aromatic rings. The van der Waals surface area contributed by atoms with Crippen molar-refractivity contribution >= 4 is 20.9 Å². The monoisotopic (exact) mass is 156 g/mol. The highest BCUT2D eigenvalue weighted by Crippen LogP contribution is 1.77. The van der Waals surface area contributed by atoms with E-state index in [9.17, 15) is 0 Å². The van der Waals surface area contributed by atoms with Gasteiger partial charge in [-0.05, 0) is 6.55 Å². The van der Waals surface area contributed by atoms with Crippen LogP contribution in [0.25, 0.3) is 0 Å².